The van der Waals surface area contributed by atoms with Crippen LogP contribution in [-0.2, 0) is 23.7 Å². The van der Waals surface area contributed by atoms with Gasteiger partial charge in [0.15, 0.2) is 0 Å². The molecule has 0 rings (SSSR count). The summed E-state index contributed by atoms with van der Waals surface area (Å²) in [5, 5.41) is 0. The van der Waals surface area contributed by atoms with Crippen molar-refractivity contribution in [3.05, 3.63) is 12.7 Å². The van der Waals surface area contributed by atoms with Crippen molar-refractivity contribution in [1.29, 1.82) is 0 Å². The molecule has 23 heavy (non-hydrogen) atoms. The monoisotopic (exact) mass is 332 g/mol. The molecule has 5 nitrogen and oxygen atoms in total. The molecule has 0 aromatic rings. The van der Waals surface area contributed by atoms with Gasteiger partial charge in [0.05, 0.1) is 59.5 Å². The Morgan fingerprint density at radius 1 is 0.565 bits per heavy atom. The van der Waals surface area contributed by atoms with Crippen molar-refractivity contribution in [1.82, 2.24) is 0 Å². The van der Waals surface area contributed by atoms with E-state index in [1.54, 1.807) is 6.08 Å². The lowest BCUT2D eigenvalue weighted by Gasteiger charge is -2.07. The third-order valence-electron chi connectivity index (χ3n) is 3.12. The maximum Gasteiger partial charge on any atom is 0.0704 e. The van der Waals surface area contributed by atoms with Crippen LogP contribution in [0.15, 0.2) is 12.7 Å². The predicted molar refractivity (Wildman–Crippen MR) is 93.1 cm³/mol. The van der Waals surface area contributed by atoms with E-state index < -0.39 is 0 Å². The third-order valence-corrected chi connectivity index (χ3v) is 3.12. The van der Waals surface area contributed by atoms with E-state index in [1.165, 1.54) is 25.7 Å². The van der Waals surface area contributed by atoms with Gasteiger partial charge in [0.2, 0.25) is 0 Å². The molecule has 0 atom stereocenters. The van der Waals surface area contributed by atoms with Crippen LogP contribution in [0, 0.1) is 0 Å². The minimum absolute atomic E-state index is 0.569. The quantitative estimate of drug-likeness (QED) is 0.253. The van der Waals surface area contributed by atoms with Gasteiger partial charge >= 0.3 is 0 Å². The second-order valence-electron chi connectivity index (χ2n) is 5.23. The molecular formula is C18H36O5. The van der Waals surface area contributed by atoms with Gasteiger partial charge in [-0.25, -0.2) is 0 Å². The van der Waals surface area contributed by atoms with Gasteiger partial charge in [0, 0.05) is 6.61 Å². The summed E-state index contributed by atoms with van der Waals surface area (Å²) in [6.07, 6.45) is 8.08. The third kappa shape index (κ3) is 21.5. The molecule has 0 saturated heterocycles. The summed E-state index contributed by atoms with van der Waals surface area (Å²) in [4.78, 5) is 0. The Labute approximate surface area is 142 Å². The number of unbranched alkanes of at least 4 members (excludes halogenated alkanes) is 4. The summed E-state index contributed by atoms with van der Waals surface area (Å²) >= 11 is 0. The summed E-state index contributed by atoms with van der Waals surface area (Å²) in [5.41, 5.74) is 0. The summed E-state index contributed by atoms with van der Waals surface area (Å²) in [5.74, 6) is 0. The van der Waals surface area contributed by atoms with Crippen LogP contribution in [0.4, 0.5) is 0 Å². The van der Waals surface area contributed by atoms with Gasteiger partial charge in [-0.3, -0.25) is 0 Å². The lowest BCUT2D eigenvalue weighted by molar-refractivity contribution is -0.00958. The molecule has 0 bridgehead atoms. The van der Waals surface area contributed by atoms with Crippen LogP contribution < -0.4 is 0 Å². The van der Waals surface area contributed by atoms with E-state index >= 15 is 0 Å². The van der Waals surface area contributed by atoms with Gasteiger partial charge < -0.3 is 23.7 Å². The summed E-state index contributed by atoms with van der Waals surface area (Å²) in [6.45, 7) is 12.0. The highest BCUT2D eigenvalue weighted by molar-refractivity contribution is 4.63. The molecule has 138 valence electrons. The fraction of sp³-hybridized carbons (Fsp3) is 0.889. The lowest BCUT2D eigenvalue weighted by Crippen LogP contribution is -2.13. The van der Waals surface area contributed by atoms with E-state index in [1.807, 2.05) is 0 Å². The fourth-order valence-electron chi connectivity index (χ4n) is 1.85. The van der Waals surface area contributed by atoms with E-state index in [4.69, 9.17) is 23.7 Å². The van der Waals surface area contributed by atoms with Crippen LogP contribution in [0.2, 0.25) is 0 Å². The zero-order chi connectivity index (χ0) is 16.8. The topological polar surface area (TPSA) is 46.2 Å². The molecule has 0 fully saturated rings. The molecule has 0 N–H and O–H groups in total. The van der Waals surface area contributed by atoms with Gasteiger partial charge in [-0.05, 0) is 6.42 Å². The molecular weight excluding hydrogens is 296 g/mol. The van der Waals surface area contributed by atoms with Gasteiger partial charge in [-0.1, -0.05) is 38.7 Å². The minimum Gasteiger partial charge on any atom is -0.379 e. The average molecular weight is 332 g/mol. The maximum atomic E-state index is 5.51. The van der Waals surface area contributed by atoms with Crippen LogP contribution in [-0.4, -0.2) is 66.1 Å². The Bertz CT molecular complexity index is 223. The van der Waals surface area contributed by atoms with Crippen LogP contribution in [0.1, 0.15) is 39.0 Å². The first-order valence-electron chi connectivity index (χ1n) is 8.91. The van der Waals surface area contributed by atoms with Crippen molar-refractivity contribution in [2.45, 2.75) is 39.0 Å². The molecule has 0 heterocycles. The highest BCUT2D eigenvalue weighted by Crippen LogP contribution is 2.02. The van der Waals surface area contributed by atoms with Gasteiger partial charge in [0.1, 0.15) is 0 Å². The van der Waals surface area contributed by atoms with Crippen molar-refractivity contribution >= 4 is 0 Å². The minimum atomic E-state index is 0.569. The Morgan fingerprint density at radius 3 is 1.48 bits per heavy atom. The molecule has 0 aromatic carbocycles. The highest BCUT2D eigenvalue weighted by Gasteiger charge is 1.93. The van der Waals surface area contributed by atoms with E-state index in [-0.39, 0.29) is 0 Å². The fourth-order valence-corrected chi connectivity index (χ4v) is 1.85. The van der Waals surface area contributed by atoms with E-state index in [0.29, 0.717) is 59.5 Å². The van der Waals surface area contributed by atoms with Crippen molar-refractivity contribution in [2.24, 2.45) is 0 Å². The Kier molecular flexibility index (Phi) is 21.1. The smallest absolute Gasteiger partial charge is 0.0704 e. The molecule has 0 unspecified atom stereocenters. The van der Waals surface area contributed by atoms with Gasteiger partial charge in [0.25, 0.3) is 0 Å². The van der Waals surface area contributed by atoms with Crippen molar-refractivity contribution in [3.63, 3.8) is 0 Å². The molecule has 5 heteroatoms. The Morgan fingerprint density at radius 2 is 1.00 bits per heavy atom. The SMILES string of the molecule is C=CCOCCOCCOCCOCCOCCCCCCC. The Hall–Kier alpha value is -0.460. The molecule has 0 aliphatic rings. The number of rotatable bonds is 20. The number of hydrogen-bond acceptors (Lipinski definition) is 5. The summed E-state index contributed by atoms with van der Waals surface area (Å²) in [6, 6.07) is 0. The first-order chi connectivity index (χ1) is 11.4. The normalized spacial score (nSPS) is 11.0. The zero-order valence-corrected chi connectivity index (χ0v) is 14.9. The predicted octanol–water partition coefficient (Wildman–Crippen LogP) is 3.23. The zero-order valence-electron chi connectivity index (χ0n) is 14.9. The van der Waals surface area contributed by atoms with E-state index in [9.17, 15) is 0 Å². The number of ether oxygens (including phenoxy) is 5. The highest BCUT2D eigenvalue weighted by atomic mass is 16.6. The van der Waals surface area contributed by atoms with E-state index in [2.05, 4.69) is 13.5 Å². The molecule has 0 amide bonds. The average Bonchev–Trinajstić information content (AvgIpc) is 2.57. The second-order valence-corrected chi connectivity index (χ2v) is 5.23. The molecule has 0 radical (unpaired) electrons. The summed E-state index contributed by atoms with van der Waals surface area (Å²) in [7, 11) is 0. The first kappa shape index (κ1) is 22.5. The second kappa shape index (κ2) is 21.5. The summed E-state index contributed by atoms with van der Waals surface area (Å²) < 4.78 is 26.9. The van der Waals surface area contributed by atoms with Crippen molar-refractivity contribution < 1.29 is 23.7 Å². The standard InChI is InChI=1S/C18H36O5/c1-3-5-6-7-8-10-20-12-14-22-16-18-23-17-15-21-13-11-19-9-4-2/h4H,2-3,5-18H2,1H3. The van der Waals surface area contributed by atoms with Crippen LogP contribution in [0.25, 0.3) is 0 Å². The molecule has 0 saturated carbocycles. The van der Waals surface area contributed by atoms with E-state index in [0.717, 1.165) is 13.0 Å². The molecule has 0 aliphatic carbocycles. The van der Waals surface area contributed by atoms with Crippen LogP contribution >= 0.6 is 0 Å². The first-order valence-corrected chi connectivity index (χ1v) is 8.91. The molecule has 0 aromatic heterocycles. The van der Waals surface area contributed by atoms with Crippen molar-refractivity contribution in [2.75, 3.05) is 66.1 Å². The molecule has 0 aliphatic heterocycles. The van der Waals surface area contributed by atoms with Crippen LogP contribution in [0.3, 0.4) is 0 Å². The Balaban J connectivity index is 2.93. The van der Waals surface area contributed by atoms with Crippen molar-refractivity contribution in [3.8, 4) is 0 Å². The maximum absolute atomic E-state index is 5.51. The molecule has 0 spiro atoms. The number of hydrogen-bond donors (Lipinski definition) is 0. The van der Waals surface area contributed by atoms with Gasteiger partial charge in [-0.15, -0.1) is 6.58 Å². The van der Waals surface area contributed by atoms with Crippen LogP contribution in [0.5, 0.6) is 0 Å². The van der Waals surface area contributed by atoms with Gasteiger partial charge in [-0.2, -0.15) is 0 Å². The lowest BCUT2D eigenvalue weighted by atomic mass is 10.2. The largest absolute Gasteiger partial charge is 0.379 e.